The van der Waals surface area contributed by atoms with E-state index in [9.17, 15) is 4.79 Å². The fourth-order valence-corrected chi connectivity index (χ4v) is 6.27. The van der Waals surface area contributed by atoms with Gasteiger partial charge in [0.1, 0.15) is 17.2 Å². The largest absolute Gasteiger partial charge is 0.371 e. The summed E-state index contributed by atoms with van der Waals surface area (Å²) in [5.41, 5.74) is 5.16. The first-order valence-electron chi connectivity index (χ1n) is 14.2. The van der Waals surface area contributed by atoms with Crippen molar-refractivity contribution >= 4 is 46.0 Å². The first-order chi connectivity index (χ1) is 19.5. The highest BCUT2D eigenvalue weighted by Crippen LogP contribution is 2.35. The van der Waals surface area contributed by atoms with Crippen molar-refractivity contribution in [2.24, 2.45) is 0 Å². The van der Waals surface area contributed by atoms with Crippen LogP contribution in [0.15, 0.2) is 54.9 Å². The number of carbonyl (C=O) groups excluding carboxylic acids is 1. The van der Waals surface area contributed by atoms with Crippen LogP contribution in [-0.2, 0) is 5.88 Å². The Morgan fingerprint density at radius 2 is 1.75 bits per heavy atom. The summed E-state index contributed by atoms with van der Waals surface area (Å²) in [4.78, 5) is 31.1. The van der Waals surface area contributed by atoms with Gasteiger partial charge in [0.25, 0.3) is 5.91 Å². The van der Waals surface area contributed by atoms with Gasteiger partial charge in [0.05, 0.1) is 0 Å². The van der Waals surface area contributed by atoms with Gasteiger partial charge in [0.15, 0.2) is 0 Å². The minimum absolute atomic E-state index is 0.00766. The smallest absolute Gasteiger partial charge is 0.270 e. The highest BCUT2D eigenvalue weighted by atomic mass is 35.5. The molecule has 2 fully saturated rings. The number of nitrogens with one attached hydrogen (secondary N) is 1. The molecule has 4 heterocycles. The number of halogens is 1. The van der Waals surface area contributed by atoms with Crippen LogP contribution in [0.3, 0.4) is 0 Å². The van der Waals surface area contributed by atoms with Crippen LogP contribution in [0.5, 0.6) is 0 Å². The fourth-order valence-electron chi connectivity index (χ4n) is 6.10. The molecule has 1 N–H and O–H groups in total. The van der Waals surface area contributed by atoms with E-state index in [0.29, 0.717) is 29.3 Å². The normalized spacial score (nSPS) is 16.5. The van der Waals surface area contributed by atoms with Crippen LogP contribution in [0.1, 0.15) is 72.1 Å². The van der Waals surface area contributed by atoms with Gasteiger partial charge in [-0.2, -0.15) is 4.98 Å². The van der Waals surface area contributed by atoms with Crippen molar-refractivity contribution in [3.63, 3.8) is 0 Å². The molecule has 6 rings (SSSR count). The van der Waals surface area contributed by atoms with Crippen LogP contribution in [-0.4, -0.2) is 57.5 Å². The van der Waals surface area contributed by atoms with Crippen LogP contribution < -0.4 is 10.2 Å². The van der Waals surface area contributed by atoms with Crippen LogP contribution in [0.2, 0.25) is 0 Å². The molecule has 208 valence electrons. The van der Waals surface area contributed by atoms with Crippen molar-refractivity contribution in [1.82, 2.24) is 24.4 Å². The summed E-state index contributed by atoms with van der Waals surface area (Å²) in [6.07, 6.45) is 10.4. The topological polar surface area (TPSA) is 79.2 Å². The third kappa shape index (κ3) is 5.37. The second kappa shape index (κ2) is 11.5. The number of nitrogens with zero attached hydrogens (tertiary/aromatic N) is 6. The van der Waals surface area contributed by atoms with Gasteiger partial charge in [-0.15, -0.1) is 11.6 Å². The van der Waals surface area contributed by atoms with Gasteiger partial charge in [-0.25, -0.2) is 9.97 Å². The van der Waals surface area contributed by atoms with Gasteiger partial charge in [0, 0.05) is 62.6 Å². The van der Waals surface area contributed by atoms with E-state index in [0.717, 1.165) is 55.4 Å². The summed E-state index contributed by atoms with van der Waals surface area (Å²) in [7, 11) is 3.58. The number of alkyl halides is 1. The van der Waals surface area contributed by atoms with E-state index in [4.69, 9.17) is 21.6 Å². The molecule has 3 aromatic heterocycles. The lowest BCUT2D eigenvalue weighted by atomic mass is 9.90. The molecule has 0 bridgehead atoms. The number of fused-ring (bicyclic) bond motifs is 1. The van der Waals surface area contributed by atoms with Crippen molar-refractivity contribution in [2.45, 2.75) is 56.4 Å². The molecule has 0 unspecified atom stereocenters. The van der Waals surface area contributed by atoms with Crippen molar-refractivity contribution in [3.05, 3.63) is 71.7 Å². The number of benzene rings is 1. The van der Waals surface area contributed by atoms with E-state index in [1.54, 1.807) is 25.2 Å². The Morgan fingerprint density at radius 3 is 2.40 bits per heavy atom. The second-order valence-electron chi connectivity index (χ2n) is 11.2. The van der Waals surface area contributed by atoms with Gasteiger partial charge >= 0.3 is 0 Å². The van der Waals surface area contributed by atoms with Crippen molar-refractivity contribution < 1.29 is 4.79 Å². The Morgan fingerprint density at radius 1 is 1.00 bits per heavy atom. The third-order valence-electron chi connectivity index (χ3n) is 8.34. The summed E-state index contributed by atoms with van der Waals surface area (Å²) in [5.74, 6) is 2.24. The minimum atomic E-state index is -0.00766. The van der Waals surface area contributed by atoms with Crippen LogP contribution >= 0.6 is 11.6 Å². The number of amides is 1. The van der Waals surface area contributed by atoms with Crippen LogP contribution in [0.4, 0.5) is 17.5 Å². The van der Waals surface area contributed by atoms with Gasteiger partial charge in [-0.05, 0) is 67.0 Å². The number of aromatic nitrogens is 4. The lowest BCUT2D eigenvalue weighted by Crippen LogP contribution is -2.32. The fraction of sp³-hybridized carbons (Fsp3) is 0.419. The number of piperidine rings is 1. The summed E-state index contributed by atoms with van der Waals surface area (Å²) >= 11 is 5.94. The van der Waals surface area contributed by atoms with E-state index < -0.39 is 0 Å². The first kappa shape index (κ1) is 26.6. The standard InChI is InChI=1S/C31H36ClN7O/c1-37(2)30(40)27-17-24-20-34-31(36-29(24)39(27)26-5-3-4-6-26)35-28-12-9-23(19-33-28)22-13-15-38(16-14-22)25-10-7-21(18-32)8-11-25/h7-12,17,19-20,22,26H,3-6,13-16,18H2,1-2H3,(H,33,34,35,36). The molecule has 0 atom stereocenters. The molecule has 40 heavy (non-hydrogen) atoms. The van der Waals surface area contributed by atoms with E-state index >= 15 is 0 Å². The van der Waals surface area contributed by atoms with Gasteiger partial charge in [-0.1, -0.05) is 31.0 Å². The molecule has 0 radical (unpaired) electrons. The summed E-state index contributed by atoms with van der Waals surface area (Å²) in [6.45, 7) is 2.05. The van der Waals surface area contributed by atoms with E-state index in [-0.39, 0.29) is 11.9 Å². The molecule has 1 saturated carbocycles. The molecule has 0 spiro atoms. The lowest BCUT2D eigenvalue weighted by molar-refractivity contribution is 0.0815. The second-order valence-corrected chi connectivity index (χ2v) is 11.4. The van der Waals surface area contributed by atoms with Crippen LogP contribution in [0.25, 0.3) is 11.0 Å². The van der Waals surface area contributed by atoms with Gasteiger partial charge in [0.2, 0.25) is 5.95 Å². The summed E-state index contributed by atoms with van der Waals surface area (Å²) in [5, 5.41) is 4.17. The Balaban J connectivity index is 1.15. The predicted molar refractivity (Wildman–Crippen MR) is 161 cm³/mol. The quantitative estimate of drug-likeness (QED) is 0.261. The first-order valence-corrected chi connectivity index (χ1v) is 14.8. The van der Waals surface area contributed by atoms with E-state index in [1.807, 2.05) is 18.3 Å². The summed E-state index contributed by atoms with van der Waals surface area (Å²) in [6, 6.07) is 15.0. The minimum Gasteiger partial charge on any atom is -0.371 e. The SMILES string of the molecule is CN(C)C(=O)c1cc2cnc(Nc3ccc(C4CCN(c5ccc(CCl)cc5)CC4)cn3)nc2n1C1CCCC1. The molecular formula is C31H36ClN7O. The highest BCUT2D eigenvalue weighted by molar-refractivity contribution is 6.17. The zero-order chi connectivity index (χ0) is 27.6. The zero-order valence-electron chi connectivity index (χ0n) is 23.2. The molecule has 4 aromatic rings. The van der Waals surface area contributed by atoms with E-state index in [2.05, 4.69) is 50.1 Å². The molecule has 1 aliphatic heterocycles. The van der Waals surface area contributed by atoms with Gasteiger partial charge in [-0.3, -0.25) is 4.79 Å². The molecule has 1 amide bonds. The Bertz CT molecular complexity index is 1470. The molecule has 8 nitrogen and oxygen atoms in total. The maximum absolute atomic E-state index is 13.0. The van der Waals surface area contributed by atoms with Crippen molar-refractivity contribution in [3.8, 4) is 0 Å². The average Bonchev–Trinajstić information content (AvgIpc) is 3.65. The average molecular weight is 558 g/mol. The number of carbonyl (C=O) groups is 1. The molecular weight excluding hydrogens is 522 g/mol. The number of rotatable bonds is 7. The Labute approximate surface area is 240 Å². The van der Waals surface area contributed by atoms with E-state index in [1.165, 1.54) is 24.1 Å². The number of anilines is 3. The molecule has 1 aromatic carbocycles. The Hall–Kier alpha value is -3.65. The highest BCUT2D eigenvalue weighted by Gasteiger charge is 2.27. The molecule has 1 saturated heterocycles. The lowest BCUT2D eigenvalue weighted by Gasteiger charge is -2.33. The monoisotopic (exact) mass is 557 g/mol. The van der Waals surface area contributed by atoms with Crippen molar-refractivity contribution in [2.75, 3.05) is 37.4 Å². The maximum Gasteiger partial charge on any atom is 0.270 e. The van der Waals surface area contributed by atoms with Crippen molar-refractivity contribution in [1.29, 1.82) is 0 Å². The zero-order valence-corrected chi connectivity index (χ0v) is 23.9. The Kier molecular flexibility index (Phi) is 7.61. The van der Waals surface area contributed by atoms with Crippen LogP contribution in [0, 0.1) is 0 Å². The number of hydrogen-bond donors (Lipinski definition) is 1. The third-order valence-corrected chi connectivity index (χ3v) is 8.65. The molecule has 1 aliphatic carbocycles. The predicted octanol–water partition coefficient (Wildman–Crippen LogP) is 6.51. The number of hydrogen-bond acceptors (Lipinski definition) is 6. The summed E-state index contributed by atoms with van der Waals surface area (Å²) < 4.78 is 2.13. The molecule has 2 aliphatic rings. The number of pyridine rings is 1. The molecule has 9 heteroatoms. The van der Waals surface area contributed by atoms with Gasteiger partial charge < -0.3 is 19.7 Å². The maximum atomic E-state index is 13.0.